The standard InChI is InChI=1S/C12H16N2O6S/c1-2-17-8-19-4-3-18-5-6-20-11(16)9-7-13-12(21)14-10(9)15/h2,7H,1,3-6,8H2,(H2,13,14,15,21). The lowest BCUT2D eigenvalue weighted by atomic mass is 10.3. The molecule has 8 nitrogen and oxygen atoms in total. The Hall–Kier alpha value is -1.97. The minimum Gasteiger partial charge on any atom is -0.476 e. The maximum Gasteiger partial charge on any atom is 0.345 e. The van der Waals surface area contributed by atoms with Crippen molar-refractivity contribution in [1.82, 2.24) is 9.97 Å². The zero-order valence-corrected chi connectivity index (χ0v) is 12.1. The first-order chi connectivity index (χ1) is 10.1. The molecule has 1 rings (SSSR count). The summed E-state index contributed by atoms with van der Waals surface area (Å²) in [6.45, 7) is 4.36. The van der Waals surface area contributed by atoms with E-state index < -0.39 is 11.5 Å². The van der Waals surface area contributed by atoms with Crippen LogP contribution in [0.3, 0.4) is 0 Å². The molecule has 116 valence electrons. The Balaban J connectivity index is 2.15. The van der Waals surface area contributed by atoms with Gasteiger partial charge in [-0.3, -0.25) is 9.78 Å². The SMILES string of the molecule is C=COCOCCOCCOC(=O)c1c[nH]c(=S)[nH]c1=O. The molecule has 1 aromatic heterocycles. The first-order valence-corrected chi connectivity index (χ1v) is 6.43. The predicted molar refractivity (Wildman–Crippen MR) is 75.4 cm³/mol. The highest BCUT2D eigenvalue weighted by atomic mass is 32.1. The largest absolute Gasteiger partial charge is 0.476 e. The highest BCUT2D eigenvalue weighted by Crippen LogP contribution is 1.92. The Morgan fingerprint density at radius 1 is 1.29 bits per heavy atom. The topological polar surface area (TPSA) is 103 Å². The van der Waals surface area contributed by atoms with Gasteiger partial charge in [-0.15, -0.1) is 0 Å². The molecule has 0 spiro atoms. The fourth-order valence-electron chi connectivity index (χ4n) is 1.21. The van der Waals surface area contributed by atoms with Gasteiger partial charge < -0.3 is 23.9 Å². The van der Waals surface area contributed by atoms with Crippen molar-refractivity contribution in [3.8, 4) is 0 Å². The fourth-order valence-corrected chi connectivity index (χ4v) is 1.36. The van der Waals surface area contributed by atoms with Crippen molar-refractivity contribution in [3.63, 3.8) is 0 Å². The summed E-state index contributed by atoms with van der Waals surface area (Å²) in [6, 6.07) is 0. The van der Waals surface area contributed by atoms with Crippen LogP contribution in [0.1, 0.15) is 10.4 Å². The van der Waals surface area contributed by atoms with E-state index in [0.717, 1.165) is 0 Å². The van der Waals surface area contributed by atoms with Gasteiger partial charge in [-0.1, -0.05) is 6.58 Å². The van der Waals surface area contributed by atoms with Crippen LogP contribution in [0.4, 0.5) is 0 Å². The average molecular weight is 316 g/mol. The van der Waals surface area contributed by atoms with Gasteiger partial charge in [0.05, 0.1) is 26.1 Å². The van der Waals surface area contributed by atoms with Crippen LogP contribution in [-0.2, 0) is 18.9 Å². The van der Waals surface area contributed by atoms with Gasteiger partial charge in [0.15, 0.2) is 11.6 Å². The van der Waals surface area contributed by atoms with Gasteiger partial charge in [0, 0.05) is 6.20 Å². The van der Waals surface area contributed by atoms with E-state index in [2.05, 4.69) is 16.5 Å². The molecule has 0 saturated heterocycles. The molecule has 1 aromatic rings. The highest BCUT2D eigenvalue weighted by Gasteiger charge is 2.11. The Kier molecular flexibility index (Phi) is 8.02. The van der Waals surface area contributed by atoms with Crippen LogP contribution in [0, 0.1) is 4.77 Å². The van der Waals surface area contributed by atoms with Crippen LogP contribution in [0.5, 0.6) is 0 Å². The third kappa shape index (κ3) is 6.84. The molecule has 0 radical (unpaired) electrons. The Morgan fingerprint density at radius 2 is 2.00 bits per heavy atom. The van der Waals surface area contributed by atoms with Crippen LogP contribution >= 0.6 is 12.2 Å². The molecule has 0 amide bonds. The van der Waals surface area contributed by atoms with Crippen LogP contribution < -0.4 is 5.56 Å². The first kappa shape index (κ1) is 17.1. The van der Waals surface area contributed by atoms with Crippen molar-refractivity contribution < 1.29 is 23.7 Å². The second-order valence-corrected chi connectivity index (χ2v) is 4.00. The number of ether oxygens (including phenoxy) is 4. The smallest absolute Gasteiger partial charge is 0.345 e. The van der Waals surface area contributed by atoms with E-state index in [-0.39, 0.29) is 30.3 Å². The molecule has 0 saturated carbocycles. The number of nitrogens with one attached hydrogen (secondary N) is 2. The average Bonchev–Trinajstić information content (AvgIpc) is 2.45. The summed E-state index contributed by atoms with van der Waals surface area (Å²) >= 11 is 4.71. The molecule has 0 aliphatic heterocycles. The number of carbonyl (C=O) groups is 1. The summed E-state index contributed by atoms with van der Waals surface area (Å²) in [5, 5.41) is 0. The molecule has 0 atom stereocenters. The van der Waals surface area contributed by atoms with E-state index in [9.17, 15) is 9.59 Å². The van der Waals surface area contributed by atoms with Gasteiger partial charge in [0.25, 0.3) is 5.56 Å². The van der Waals surface area contributed by atoms with E-state index >= 15 is 0 Å². The fraction of sp³-hybridized carbons (Fsp3) is 0.417. The lowest BCUT2D eigenvalue weighted by molar-refractivity contribution is -0.0402. The molecule has 0 unspecified atom stereocenters. The van der Waals surface area contributed by atoms with Gasteiger partial charge in [-0.25, -0.2) is 4.79 Å². The van der Waals surface area contributed by atoms with Gasteiger partial charge in [-0.05, 0) is 12.2 Å². The van der Waals surface area contributed by atoms with E-state index in [1.54, 1.807) is 0 Å². The van der Waals surface area contributed by atoms with E-state index in [1.165, 1.54) is 12.5 Å². The van der Waals surface area contributed by atoms with Crippen LogP contribution in [0.15, 0.2) is 23.8 Å². The molecule has 21 heavy (non-hydrogen) atoms. The highest BCUT2D eigenvalue weighted by molar-refractivity contribution is 7.71. The maximum atomic E-state index is 11.6. The molecule has 0 aromatic carbocycles. The zero-order chi connectivity index (χ0) is 15.5. The van der Waals surface area contributed by atoms with Gasteiger partial charge in [0.2, 0.25) is 0 Å². The maximum absolute atomic E-state index is 11.6. The summed E-state index contributed by atoms with van der Waals surface area (Å²) in [6.07, 6.45) is 2.48. The predicted octanol–water partition coefficient (Wildman–Crippen LogP) is 0.740. The molecule has 0 aliphatic rings. The number of carbonyl (C=O) groups excluding carboxylic acids is 1. The quantitative estimate of drug-likeness (QED) is 0.216. The molecule has 0 aliphatic carbocycles. The third-order valence-corrected chi connectivity index (χ3v) is 2.36. The second-order valence-electron chi connectivity index (χ2n) is 3.59. The van der Waals surface area contributed by atoms with Crippen LogP contribution in [-0.4, -0.2) is 49.2 Å². The number of hydrogen-bond acceptors (Lipinski definition) is 7. The van der Waals surface area contributed by atoms with Gasteiger partial charge in [0.1, 0.15) is 12.2 Å². The van der Waals surface area contributed by atoms with Crippen molar-refractivity contribution in [3.05, 3.63) is 39.7 Å². The number of aromatic amines is 2. The minimum absolute atomic E-state index is 0.0249. The van der Waals surface area contributed by atoms with Crippen molar-refractivity contribution in [1.29, 1.82) is 0 Å². The van der Waals surface area contributed by atoms with E-state index in [1.807, 2.05) is 0 Å². The monoisotopic (exact) mass is 316 g/mol. The number of aromatic nitrogens is 2. The van der Waals surface area contributed by atoms with Crippen molar-refractivity contribution in [2.75, 3.05) is 33.2 Å². The zero-order valence-electron chi connectivity index (χ0n) is 11.3. The number of esters is 1. The Morgan fingerprint density at radius 3 is 2.71 bits per heavy atom. The molecule has 1 heterocycles. The summed E-state index contributed by atoms with van der Waals surface area (Å²) in [5.74, 6) is -0.748. The molecule has 2 N–H and O–H groups in total. The van der Waals surface area contributed by atoms with Gasteiger partial charge in [-0.2, -0.15) is 0 Å². The molecular weight excluding hydrogens is 300 g/mol. The lowest BCUT2D eigenvalue weighted by Gasteiger charge is -2.06. The lowest BCUT2D eigenvalue weighted by Crippen LogP contribution is -2.21. The summed E-state index contributed by atoms with van der Waals surface area (Å²) in [5.41, 5.74) is -0.742. The second kappa shape index (κ2) is 9.86. The Bertz CT molecular complexity index is 567. The van der Waals surface area contributed by atoms with E-state index in [4.69, 9.17) is 31.2 Å². The number of rotatable bonds is 10. The summed E-state index contributed by atoms with van der Waals surface area (Å²) in [7, 11) is 0. The summed E-state index contributed by atoms with van der Waals surface area (Å²) in [4.78, 5) is 27.9. The van der Waals surface area contributed by atoms with Crippen LogP contribution in [0.2, 0.25) is 0 Å². The molecule has 9 heteroatoms. The molecule has 0 bridgehead atoms. The van der Waals surface area contributed by atoms with E-state index in [0.29, 0.717) is 13.2 Å². The van der Waals surface area contributed by atoms with Gasteiger partial charge >= 0.3 is 5.97 Å². The first-order valence-electron chi connectivity index (χ1n) is 6.02. The van der Waals surface area contributed by atoms with Crippen molar-refractivity contribution in [2.24, 2.45) is 0 Å². The van der Waals surface area contributed by atoms with Crippen LogP contribution in [0.25, 0.3) is 0 Å². The van der Waals surface area contributed by atoms with Crippen molar-refractivity contribution >= 4 is 18.2 Å². The summed E-state index contributed by atoms with van der Waals surface area (Å²) < 4.78 is 19.9. The molecular formula is C12H16N2O6S. The molecule has 0 fully saturated rings. The number of hydrogen-bond donors (Lipinski definition) is 2. The Labute approximate surface area is 125 Å². The minimum atomic E-state index is -0.748. The van der Waals surface area contributed by atoms with Crippen molar-refractivity contribution in [2.45, 2.75) is 0 Å². The number of H-pyrrole nitrogens is 2. The third-order valence-electron chi connectivity index (χ3n) is 2.14. The normalized spacial score (nSPS) is 10.1.